The number of nitrogens with one attached hydrogen (secondary N) is 2. The highest BCUT2D eigenvalue weighted by atomic mass is 16.6. The molecule has 194 valence electrons. The van der Waals surface area contributed by atoms with E-state index in [4.69, 9.17) is 4.74 Å². The Balaban J connectivity index is 2.47. The first kappa shape index (κ1) is 28.4. The van der Waals surface area contributed by atoms with Crippen molar-refractivity contribution in [3.63, 3.8) is 0 Å². The Morgan fingerprint density at radius 1 is 1.08 bits per heavy atom. The van der Waals surface area contributed by atoms with Crippen LogP contribution in [-0.2, 0) is 14.3 Å². The molecule has 0 bridgehead atoms. The summed E-state index contributed by atoms with van der Waals surface area (Å²) in [4.78, 5) is 40.7. The molecule has 36 heavy (non-hydrogen) atoms. The summed E-state index contributed by atoms with van der Waals surface area (Å²) in [6.45, 7) is 11.7. The molecule has 0 aliphatic carbocycles. The highest BCUT2D eigenvalue weighted by Gasteiger charge is 2.36. The molecule has 2 aromatic rings. The fourth-order valence-corrected chi connectivity index (χ4v) is 3.63. The van der Waals surface area contributed by atoms with Crippen LogP contribution in [0.3, 0.4) is 0 Å². The second-order valence-electron chi connectivity index (χ2n) is 9.41. The van der Waals surface area contributed by atoms with Gasteiger partial charge in [-0.05, 0) is 63.4 Å². The molecule has 0 spiro atoms. The molecular formula is C27H35N3O6. The standard InChI is InChI=1S/C27H35N3O6/c1-7-15-30(25(34)21(16-31)28-26(35)36-27(4,5)6)23(19-11-13-20(32)14-12-19)24(33)29-22-17(2)9-8-10-18(22)3/h7-14,21,23,31-32H,1,15-16H2,2-6H3,(H,28,35)(H,29,33). The number of anilines is 1. The number of hydrogen-bond donors (Lipinski definition) is 4. The third-order valence-corrected chi connectivity index (χ3v) is 5.28. The van der Waals surface area contributed by atoms with E-state index < -0.39 is 42.2 Å². The maximum atomic E-state index is 13.7. The van der Waals surface area contributed by atoms with Gasteiger partial charge in [0.25, 0.3) is 5.91 Å². The molecule has 0 saturated carbocycles. The molecule has 0 aromatic heterocycles. The second kappa shape index (κ2) is 12.2. The summed E-state index contributed by atoms with van der Waals surface area (Å²) in [5.74, 6) is -1.23. The molecule has 0 heterocycles. The number of aliphatic hydroxyl groups is 1. The summed E-state index contributed by atoms with van der Waals surface area (Å²) in [6, 6.07) is 8.94. The highest BCUT2D eigenvalue weighted by Crippen LogP contribution is 2.28. The van der Waals surface area contributed by atoms with E-state index in [1.54, 1.807) is 20.8 Å². The number of aromatic hydroxyl groups is 1. The van der Waals surface area contributed by atoms with Gasteiger partial charge in [-0.2, -0.15) is 0 Å². The number of benzene rings is 2. The zero-order valence-corrected chi connectivity index (χ0v) is 21.4. The van der Waals surface area contributed by atoms with Gasteiger partial charge < -0.3 is 30.5 Å². The zero-order valence-electron chi connectivity index (χ0n) is 21.4. The summed E-state index contributed by atoms with van der Waals surface area (Å²) in [7, 11) is 0. The molecule has 0 radical (unpaired) electrons. The van der Waals surface area contributed by atoms with Crippen molar-refractivity contribution in [1.82, 2.24) is 10.2 Å². The third kappa shape index (κ3) is 7.58. The Morgan fingerprint density at radius 3 is 2.17 bits per heavy atom. The smallest absolute Gasteiger partial charge is 0.408 e. The number of carbonyl (C=O) groups is 3. The fourth-order valence-electron chi connectivity index (χ4n) is 3.63. The van der Waals surface area contributed by atoms with Crippen LogP contribution in [0, 0.1) is 13.8 Å². The lowest BCUT2D eigenvalue weighted by molar-refractivity contribution is -0.140. The lowest BCUT2D eigenvalue weighted by atomic mass is 10.0. The van der Waals surface area contributed by atoms with Gasteiger partial charge >= 0.3 is 6.09 Å². The normalized spacial score (nSPS) is 12.7. The van der Waals surface area contributed by atoms with Crippen LogP contribution >= 0.6 is 0 Å². The van der Waals surface area contributed by atoms with E-state index >= 15 is 0 Å². The molecule has 4 N–H and O–H groups in total. The summed E-state index contributed by atoms with van der Waals surface area (Å²) in [6.07, 6.45) is 0.564. The third-order valence-electron chi connectivity index (χ3n) is 5.28. The van der Waals surface area contributed by atoms with Gasteiger partial charge in [0.15, 0.2) is 0 Å². The summed E-state index contributed by atoms with van der Waals surface area (Å²) in [5, 5.41) is 25.0. The Hall–Kier alpha value is -3.85. The van der Waals surface area contributed by atoms with Crippen LogP contribution in [0.1, 0.15) is 43.5 Å². The minimum Gasteiger partial charge on any atom is -0.508 e. The van der Waals surface area contributed by atoms with E-state index in [1.165, 1.54) is 35.2 Å². The average molecular weight is 498 g/mol. The number of para-hydroxylation sites is 1. The minimum absolute atomic E-state index is 0.00548. The first-order valence-electron chi connectivity index (χ1n) is 11.6. The first-order valence-corrected chi connectivity index (χ1v) is 11.6. The van der Waals surface area contributed by atoms with Gasteiger partial charge in [0.05, 0.1) is 6.61 Å². The van der Waals surface area contributed by atoms with Crippen molar-refractivity contribution in [3.8, 4) is 5.75 Å². The number of ether oxygens (including phenoxy) is 1. The van der Waals surface area contributed by atoms with Crippen molar-refractivity contribution in [2.24, 2.45) is 0 Å². The van der Waals surface area contributed by atoms with Crippen molar-refractivity contribution in [3.05, 3.63) is 71.8 Å². The molecule has 2 atom stereocenters. The van der Waals surface area contributed by atoms with Crippen LogP contribution in [0.5, 0.6) is 5.75 Å². The van der Waals surface area contributed by atoms with Crippen LogP contribution in [-0.4, -0.2) is 57.8 Å². The Morgan fingerprint density at radius 2 is 1.67 bits per heavy atom. The molecule has 3 amide bonds. The number of aliphatic hydroxyl groups excluding tert-OH is 1. The Bertz CT molecular complexity index is 1070. The van der Waals surface area contributed by atoms with E-state index in [0.717, 1.165) is 11.1 Å². The van der Waals surface area contributed by atoms with Crippen LogP contribution in [0.4, 0.5) is 10.5 Å². The maximum Gasteiger partial charge on any atom is 0.408 e. The van der Waals surface area contributed by atoms with E-state index in [2.05, 4.69) is 17.2 Å². The lowest BCUT2D eigenvalue weighted by Crippen LogP contribution is -2.53. The average Bonchev–Trinajstić information content (AvgIpc) is 2.79. The van der Waals surface area contributed by atoms with Crippen LogP contribution in [0.2, 0.25) is 0 Å². The second-order valence-corrected chi connectivity index (χ2v) is 9.41. The molecule has 9 nitrogen and oxygen atoms in total. The molecule has 0 saturated heterocycles. The van der Waals surface area contributed by atoms with Crippen molar-refractivity contribution in [2.45, 2.75) is 52.3 Å². The summed E-state index contributed by atoms with van der Waals surface area (Å²) >= 11 is 0. The Kier molecular flexibility index (Phi) is 9.63. The molecule has 0 aliphatic heterocycles. The monoisotopic (exact) mass is 497 g/mol. The molecule has 2 rings (SSSR count). The quantitative estimate of drug-likeness (QED) is 0.392. The fraction of sp³-hybridized carbons (Fsp3) is 0.370. The number of hydrogen-bond acceptors (Lipinski definition) is 6. The first-order chi connectivity index (χ1) is 16.9. The molecular weight excluding hydrogens is 462 g/mol. The topological polar surface area (TPSA) is 128 Å². The van der Waals surface area contributed by atoms with Gasteiger partial charge in [0.2, 0.25) is 5.91 Å². The lowest BCUT2D eigenvalue weighted by Gasteiger charge is -2.33. The Labute approximate surface area is 211 Å². The number of carbonyl (C=O) groups excluding carboxylic acids is 3. The maximum absolute atomic E-state index is 13.7. The van der Waals surface area contributed by atoms with Gasteiger partial charge in [-0.15, -0.1) is 6.58 Å². The molecule has 0 aliphatic rings. The number of aryl methyl sites for hydroxylation is 2. The predicted octanol–water partition coefficient (Wildman–Crippen LogP) is 3.59. The van der Waals surface area contributed by atoms with Gasteiger partial charge in [-0.25, -0.2) is 4.79 Å². The van der Waals surface area contributed by atoms with Gasteiger partial charge in [0.1, 0.15) is 23.4 Å². The van der Waals surface area contributed by atoms with E-state index in [1.807, 2.05) is 32.0 Å². The van der Waals surface area contributed by atoms with Crippen LogP contribution < -0.4 is 10.6 Å². The van der Waals surface area contributed by atoms with Crippen LogP contribution in [0.25, 0.3) is 0 Å². The molecule has 0 fully saturated rings. The van der Waals surface area contributed by atoms with E-state index in [9.17, 15) is 24.6 Å². The van der Waals surface area contributed by atoms with Crippen molar-refractivity contribution < 1.29 is 29.3 Å². The van der Waals surface area contributed by atoms with Crippen molar-refractivity contribution in [1.29, 1.82) is 0 Å². The molecule has 2 aromatic carbocycles. The van der Waals surface area contributed by atoms with Crippen molar-refractivity contribution in [2.75, 3.05) is 18.5 Å². The molecule has 9 heteroatoms. The summed E-state index contributed by atoms with van der Waals surface area (Å²) < 4.78 is 5.21. The number of nitrogens with zero attached hydrogens (tertiary/aromatic N) is 1. The van der Waals surface area contributed by atoms with Gasteiger partial charge in [-0.1, -0.05) is 36.4 Å². The van der Waals surface area contributed by atoms with E-state index in [-0.39, 0.29) is 12.3 Å². The SMILES string of the molecule is C=CCN(C(=O)C(CO)NC(=O)OC(C)(C)C)C(C(=O)Nc1c(C)cccc1C)c1ccc(O)cc1. The van der Waals surface area contributed by atoms with Crippen molar-refractivity contribution >= 4 is 23.6 Å². The minimum atomic E-state index is -1.37. The molecule has 2 unspecified atom stereocenters. The highest BCUT2D eigenvalue weighted by molar-refractivity contribution is 6.00. The number of amides is 3. The number of phenolic OH excluding ortho intramolecular Hbond substituents is 1. The predicted molar refractivity (Wildman–Crippen MR) is 138 cm³/mol. The zero-order chi connectivity index (χ0) is 27.0. The number of alkyl carbamates (subject to hydrolysis) is 1. The van der Waals surface area contributed by atoms with Crippen LogP contribution in [0.15, 0.2) is 55.1 Å². The number of phenols is 1. The van der Waals surface area contributed by atoms with Gasteiger partial charge in [0, 0.05) is 12.2 Å². The number of rotatable bonds is 9. The summed E-state index contributed by atoms with van der Waals surface area (Å²) in [5.41, 5.74) is 1.90. The largest absolute Gasteiger partial charge is 0.508 e. The van der Waals surface area contributed by atoms with E-state index in [0.29, 0.717) is 11.3 Å². The van der Waals surface area contributed by atoms with Gasteiger partial charge in [-0.3, -0.25) is 9.59 Å².